The van der Waals surface area contributed by atoms with E-state index in [4.69, 9.17) is 0 Å². The molecule has 0 radical (unpaired) electrons. The van der Waals surface area contributed by atoms with Gasteiger partial charge in [0, 0.05) is 16.5 Å². The van der Waals surface area contributed by atoms with Crippen LogP contribution >= 0.6 is 11.3 Å². The molecule has 0 aliphatic heterocycles. The van der Waals surface area contributed by atoms with Crippen LogP contribution in [0.2, 0.25) is 0 Å². The monoisotopic (exact) mass is 306 g/mol. The van der Waals surface area contributed by atoms with Crippen LogP contribution in [0.1, 0.15) is 27.7 Å². The van der Waals surface area contributed by atoms with Crippen LogP contribution in [0, 0.1) is 10.1 Å². The van der Waals surface area contributed by atoms with Gasteiger partial charge in [-0.25, -0.2) is 0 Å². The van der Waals surface area contributed by atoms with Crippen LogP contribution < -0.4 is 5.32 Å². The van der Waals surface area contributed by atoms with E-state index in [2.05, 4.69) is 5.32 Å². The van der Waals surface area contributed by atoms with Gasteiger partial charge in [-0.1, -0.05) is 6.92 Å². The summed E-state index contributed by atoms with van der Waals surface area (Å²) in [6.45, 7) is 2.44. The van der Waals surface area contributed by atoms with E-state index in [0.717, 1.165) is 23.4 Å². The molecule has 2 aromatic rings. The van der Waals surface area contributed by atoms with Gasteiger partial charge in [0.15, 0.2) is 5.75 Å². The van der Waals surface area contributed by atoms with Gasteiger partial charge in [0.25, 0.3) is 5.91 Å². The first-order valence-corrected chi connectivity index (χ1v) is 7.21. The summed E-state index contributed by atoms with van der Waals surface area (Å²) >= 11 is 1.57. The first-order valence-electron chi connectivity index (χ1n) is 6.33. The van der Waals surface area contributed by atoms with Crippen LogP contribution in [0.3, 0.4) is 0 Å². The molecule has 110 valence electrons. The Morgan fingerprint density at radius 1 is 1.43 bits per heavy atom. The molecule has 1 amide bonds. The molecule has 0 spiro atoms. The number of benzene rings is 1. The number of amides is 1. The molecule has 0 aliphatic carbocycles. The van der Waals surface area contributed by atoms with Gasteiger partial charge < -0.3 is 10.4 Å². The summed E-state index contributed by atoms with van der Waals surface area (Å²) < 4.78 is 0. The quantitative estimate of drug-likeness (QED) is 0.656. The smallest absolute Gasteiger partial charge is 0.310 e. The van der Waals surface area contributed by atoms with Crippen molar-refractivity contribution in [2.45, 2.75) is 19.9 Å². The highest BCUT2D eigenvalue weighted by molar-refractivity contribution is 7.10. The van der Waals surface area contributed by atoms with Crippen molar-refractivity contribution in [2.75, 3.05) is 0 Å². The fraction of sp³-hybridized carbons (Fsp3) is 0.214. The number of aryl methyl sites for hydroxylation is 1. The van der Waals surface area contributed by atoms with Gasteiger partial charge >= 0.3 is 5.69 Å². The zero-order valence-corrected chi connectivity index (χ0v) is 12.1. The predicted molar refractivity (Wildman–Crippen MR) is 79.6 cm³/mol. The van der Waals surface area contributed by atoms with E-state index in [0.29, 0.717) is 6.54 Å². The largest absolute Gasteiger partial charge is 0.502 e. The molecule has 21 heavy (non-hydrogen) atoms. The first-order chi connectivity index (χ1) is 10.0. The Kier molecular flexibility index (Phi) is 4.54. The summed E-state index contributed by atoms with van der Waals surface area (Å²) in [7, 11) is 0. The second-order valence-corrected chi connectivity index (χ2v) is 5.37. The van der Waals surface area contributed by atoms with Crippen molar-refractivity contribution in [1.82, 2.24) is 5.32 Å². The second-order valence-electron chi connectivity index (χ2n) is 4.37. The lowest BCUT2D eigenvalue weighted by atomic mass is 10.1. The Hall–Kier alpha value is -2.41. The van der Waals surface area contributed by atoms with Gasteiger partial charge in [-0.05, 0) is 35.6 Å². The Labute approximate surface area is 125 Å². The van der Waals surface area contributed by atoms with Gasteiger partial charge in [-0.15, -0.1) is 11.3 Å². The van der Waals surface area contributed by atoms with Crippen molar-refractivity contribution in [3.63, 3.8) is 0 Å². The minimum absolute atomic E-state index is 0.188. The number of thiophene rings is 1. The molecule has 1 aromatic carbocycles. The number of nitro groups is 1. The minimum Gasteiger partial charge on any atom is -0.502 e. The summed E-state index contributed by atoms with van der Waals surface area (Å²) in [5, 5.41) is 24.8. The highest BCUT2D eigenvalue weighted by atomic mass is 32.1. The summed E-state index contributed by atoms with van der Waals surface area (Å²) in [6.07, 6.45) is 0.896. The van der Waals surface area contributed by atoms with E-state index in [1.807, 2.05) is 18.4 Å². The number of phenolic OH excluding ortho intramolecular Hbond substituents is 1. The Bertz CT molecular complexity index is 681. The molecule has 7 heteroatoms. The number of phenols is 1. The first kappa shape index (κ1) is 15.0. The summed E-state index contributed by atoms with van der Waals surface area (Å²) in [5.41, 5.74) is 0.956. The van der Waals surface area contributed by atoms with Gasteiger partial charge in [-0.2, -0.15) is 0 Å². The number of nitrogens with one attached hydrogen (secondary N) is 1. The number of carbonyl (C=O) groups excluding carboxylic acids is 1. The van der Waals surface area contributed by atoms with Crippen molar-refractivity contribution in [2.24, 2.45) is 0 Å². The molecule has 0 aliphatic rings. The molecule has 0 fully saturated rings. The lowest BCUT2D eigenvalue weighted by molar-refractivity contribution is -0.385. The highest BCUT2D eigenvalue weighted by Crippen LogP contribution is 2.26. The molecule has 2 N–H and O–H groups in total. The van der Waals surface area contributed by atoms with E-state index >= 15 is 0 Å². The normalized spacial score (nSPS) is 10.3. The highest BCUT2D eigenvalue weighted by Gasteiger charge is 2.16. The van der Waals surface area contributed by atoms with Crippen LogP contribution in [0.25, 0.3) is 0 Å². The molecule has 0 saturated heterocycles. The van der Waals surface area contributed by atoms with Crippen LogP contribution in [0.15, 0.2) is 29.6 Å². The van der Waals surface area contributed by atoms with Crippen LogP contribution in [0.4, 0.5) is 5.69 Å². The minimum atomic E-state index is -0.698. The molecule has 0 unspecified atom stereocenters. The van der Waals surface area contributed by atoms with Crippen molar-refractivity contribution in [1.29, 1.82) is 0 Å². The summed E-state index contributed by atoms with van der Waals surface area (Å²) in [4.78, 5) is 23.0. The number of hydrogen-bond donors (Lipinski definition) is 2. The maximum absolute atomic E-state index is 12.0. The number of nitrogens with zero attached hydrogens (tertiary/aromatic N) is 1. The number of rotatable bonds is 5. The van der Waals surface area contributed by atoms with E-state index in [9.17, 15) is 20.0 Å². The van der Waals surface area contributed by atoms with Crippen molar-refractivity contribution >= 4 is 22.9 Å². The number of hydrogen-bond acceptors (Lipinski definition) is 5. The van der Waals surface area contributed by atoms with Gasteiger partial charge in [0.1, 0.15) is 0 Å². The Morgan fingerprint density at radius 3 is 2.81 bits per heavy atom. The fourth-order valence-corrected chi connectivity index (χ4v) is 2.83. The molecule has 2 rings (SSSR count). The fourth-order valence-electron chi connectivity index (χ4n) is 1.92. The van der Waals surface area contributed by atoms with Crippen molar-refractivity contribution in [3.8, 4) is 5.75 Å². The van der Waals surface area contributed by atoms with Crippen LogP contribution in [-0.2, 0) is 13.0 Å². The molecular weight excluding hydrogens is 292 g/mol. The number of aromatic hydroxyl groups is 1. The van der Waals surface area contributed by atoms with E-state index < -0.39 is 16.4 Å². The lowest BCUT2D eigenvalue weighted by Crippen LogP contribution is -2.22. The standard InChI is InChI=1S/C14H14N2O4S/c1-2-9-5-6-21-13(9)8-15-14(18)10-3-4-11(16(19)20)12(17)7-10/h3-7,17H,2,8H2,1H3,(H,15,18). The Balaban J connectivity index is 2.07. The van der Waals surface area contributed by atoms with Gasteiger partial charge in [0.05, 0.1) is 11.5 Å². The van der Waals surface area contributed by atoms with E-state index in [1.54, 1.807) is 11.3 Å². The molecule has 6 nitrogen and oxygen atoms in total. The molecule has 1 heterocycles. The predicted octanol–water partition coefficient (Wildman–Crippen LogP) is 2.85. The summed E-state index contributed by atoms with van der Waals surface area (Å²) in [5.74, 6) is -0.895. The maximum Gasteiger partial charge on any atom is 0.310 e. The van der Waals surface area contributed by atoms with Crippen molar-refractivity contribution < 1.29 is 14.8 Å². The van der Waals surface area contributed by atoms with Crippen LogP contribution in [-0.4, -0.2) is 15.9 Å². The SMILES string of the molecule is CCc1ccsc1CNC(=O)c1ccc([N+](=O)[O-])c(O)c1. The van der Waals surface area contributed by atoms with E-state index in [-0.39, 0.29) is 11.5 Å². The zero-order valence-electron chi connectivity index (χ0n) is 11.3. The average molecular weight is 306 g/mol. The second kappa shape index (κ2) is 6.36. The van der Waals surface area contributed by atoms with Crippen LogP contribution in [0.5, 0.6) is 5.75 Å². The topological polar surface area (TPSA) is 92.5 Å². The Morgan fingerprint density at radius 2 is 2.19 bits per heavy atom. The summed E-state index contributed by atoms with van der Waals surface area (Å²) in [6, 6.07) is 5.56. The molecule has 0 atom stereocenters. The van der Waals surface area contributed by atoms with Crippen molar-refractivity contribution in [3.05, 3.63) is 55.8 Å². The third-order valence-electron chi connectivity index (χ3n) is 3.06. The average Bonchev–Trinajstić information content (AvgIpc) is 2.91. The van der Waals surface area contributed by atoms with Gasteiger partial charge in [-0.3, -0.25) is 14.9 Å². The third kappa shape index (κ3) is 3.38. The molecule has 1 aromatic heterocycles. The molecule has 0 saturated carbocycles. The zero-order chi connectivity index (χ0) is 15.4. The van der Waals surface area contributed by atoms with E-state index in [1.165, 1.54) is 11.6 Å². The van der Waals surface area contributed by atoms with Gasteiger partial charge in [0.2, 0.25) is 0 Å². The number of carbonyl (C=O) groups is 1. The molecule has 0 bridgehead atoms. The number of nitro benzene ring substituents is 1. The maximum atomic E-state index is 12.0. The third-order valence-corrected chi connectivity index (χ3v) is 4.03. The lowest BCUT2D eigenvalue weighted by Gasteiger charge is -2.06. The molecular formula is C14H14N2O4S.